The van der Waals surface area contributed by atoms with Crippen molar-refractivity contribution in [2.75, 3.05) is 13.2 Å². The molecule has 13 heavy (non-hydrogen) atoms. The molecule has 0 spiro atoms. The number of hydrogen-bond donors (Lipinski definition) is 1. The Balaban J connectivity index is 1.93. The van der Waals surface area contributed by atoms with E-state index in [1.165, 1.54) is 0 Å². The summed E-state index contributed by atoms with van der Waals surface area (Å²) in [5, 5.41) is 2.67. The predicted octanol–water partition coefficient (Wildman–Crippen LogP) is 0.246. The van der Waals surface area contributed by atoms with Crippen LogP contribution in [0.1, 0.15) is 13.8 Å². The minimum Gasteiger partial charge on any atom is -0.447 e. The van der Waals surface area contributed by atoms with Crippen LogP contribution in [0.4, 0.5) is 4.79 Å². The molecule has 0 saturated carbocycles. The lowest BCUT2D eigenvalue weighted by molar-refractivity contribution is -0.141. The number of amides is 1. The van der Waals surface area contributed by atoms with Crippen molar-refractivity contribution in [1.82, 2.24) is 5.32 Å². The van der Waals surface area contributed by atoms with Gasteiger partial charge < -0.3 is 19.5 Å². The molecule has 74 valence electrons. The zero-order chi connectivity index (χ0) is 9.47. The Morgan fingerprint density at radius 1 is 1.46 bits per heavy atom. The number of rotatable bonds is 1. The van der Waals surface area contributed by atoms with Gasteiger partial charge in [0.2, 0.25) is 0 Å². The van der Waals surface area contributed by atoms with Crippen molar-refractivity contribution < 1.29 is 19.0 Å². The molecule has 1 amide bonds. The van der Waals surface area contributed by atoms with Crippen molar-refractivity contribution in [2.24, 2.45) is 0 Å². The highest BCUT2D eigenvalue weighted by molar-refractivity contribution is 5.69. The number of carbonyl (C=O) groups is 1. The van der Waals surface area contributed by atoms with Gasteiger partial charge in [0.1, 0.15) is 12.7 Å². The first-order valence-corrected chi connectivity index (χ1v) is 4.32. The highest BCUT2D eigenvalue weighted by Crippen LogP contribution is 2.25. The van der Waals surface area contributed by atoms with Crippen molar-refractivity contribution in [3.05, 3.63) is 0 Å². The van der Waals surface area contributed by atoms with Crippen LogP contribution in [0.2, 0.25) is 0 Å². The quantitative estimate of drug-likeness (QED) is 0.639. The molecule has 2 aliphatic heterocycles. The van der Waals surface area contributed by atoms with Crippen molar-refractivity contribution >= 4 is 6.09 Å². The summed E-state index contributed by atoms with van der Waals surface area (Å²) in [4.78, 5) is 10.7. The van der Waals surface area contributed by atoms with Crippen molar-refractivity contribution in [3.63, 3.8) is 0 Å². The summed E-state index contributed by atoms with van der Waals surface area (Å²) in [6, 6.07) is -0.0747. The molecule has 0 aromatic rings. The van der Waals surface area contributed by atoms with Crippen LogP contribution in [0.25, 0.3) is 0 Å². The summed E-state index contributed by atoms with van der Waals surface area (Å²) >= 11 is 0. The van der Waals surface area contributed by atoms with Crippen LogP contribution >= 0.6 is 0 Å². The van der Waals surface area contributed by atoms with Gasteiger partial charge in [-0.25, -0.2) is 4.79 Å². The molecular weight excluding hydrogens is 174 g/mol. The van der Waals surface area contributed by atoms with E-state index in [-0.39, 0.29) is 18.2 Å². The monoisotopic (exact) mass is 187 g/mol. The molecule has 2 saturated heterocycles. The lowest BCUT2D eigenvalue weighted by atomic mass is 10.2. The normalized spacial score (nSPS) is 37.2. The topological polar surface area (TPSA) is 56.8 Å². The minimum atomic E-state index is -0.544. The Bertz CT molecular complexity index is 228. The van der Waals surface area contributed by atoms with Crippen LogP contribution in [0.3, 0.4) is 0 Å². The number of cyclic esters (lactones) is 1. The molecule has 0 aromatic carbocycles. The van der Waals surface area contributed by atoms with Crippen molar-refractivity contribution in [3.8, 4) is 0 Å². The third kappa shape index (κ3) is 1.76. The highest BCUT2D eigenvalue weighted by Gasteiger charge is 2.40. The molecule has 0 aliphatic carbocycles. The summed E-state index contributed by atoms with van der Waals surface area (Å²) < 4.78 is 15.7. The Kier molecular flexibility index (Phi) is 1.92. The smallest absolute Gasteiger partial charge is 0.407 e. The molecule has 2 rings (SSSR count). The first kappa shape index (κ1) is 8.77. The van der Waals surface area contributed by atoms with Gasteiger partial charge in [0, 0.05) is 0 Å². The van der Waals surface area contributed by atoms with Crippen molar-refractivity contribution in [2.45, 2.75) is 31.8 Å². The van der Waals surface area contributed by atoms with Crippen LogP contribution in [0.5, 0.6) is 0 Å². The molecular formula is C8H13NO4. The largest absolute Gasteiger partial charge is 0.447 e. The SMILES string of the molecule is CC1(C)OCC(C2COC(=O)N2)O1. The van der Waals surface area contributed by atoms with Crippen LogP contribution in [-0.4, -0.2) is 37.2 Å². The zero-order valence-corrected chi connectivity index (χ0v) is 7.70. The van der Waals surface area contributed by atoms with Gasteiger partial charge in [0.15, 0.2) is 5.79 Å². The summed E-state index contributed by atoms with van der Waals surface area (Å²) in [6.07, 6.45) is -0.472. The standard InChI is InChI=1S/C8H13NO4/c1-8(2)12-4-6(13-8)5-3-11-7(10)9-5/h5-6H,3-4H2,1-2H3,(H,9,10). The van der Waals surface area contributed by atoms with Gasteiger partial charge in [-0.05, 0) is 13.8 Å². The number of ether oxygens (including phenoxy) is 3. The summed E-state index contributed by atoms with van der Waals surface area (Å²) in [7, 11) is 0. The van der Waals surface area contributed by atoms with E-state index in [0.717, 1.165) is 0 Å². The van der Waals surface area contributed by atoms with Crippen LogP contribution < -0.4 is 5.32 Å². The zero-order valence-electron chi connectivity index (χ0n) is 7.70. The predicted molar refractivity (Wildman–Crippen MR) is 43.2 cm³/mol. The maximum absolute atomic E-state index is 10.7. The van der Waals surface area contributed by atoms with Gasteiger partial charge in [0.05, 0.1) is 12.6 Å². The average Bonchev–Trinajstić information content (AvgIpc) is 2.56. The fraction of sp³-hybridized carbons (Fsp3) is 0.875. The lowest BCUT2D eigenvalue weighted by Crippen LogP contribution is -2.40. The number of alkyl carbamates (subject to hydrolysis) is 1. The Morgan fingerprint density at radius 3 is 2.69 bits per heavy atom. The summed E-state index contributed by atoms with van der Waals surface area (Å²) in [5.41, 5.74) is 0. The average molecular weight is 187 g/mol. The molecule has 5 nitrogen and oxygen atoms in total. The molecule has 0 aromatic heterocycles. The van der Waals surface area contributed by atoms with E-state index in [1.54, 1.807) is 0 Å². The third-order valence-corrected chi connectivity index (χ3v) is 2.18. The van der Waals surface area contributed by atoms with Gasteiger partial charge in [0.25, 0.3) is 0 Å². The van der Waals surface area contributed by atoms with Crippen molar-refractivity contribution in [1.29, 1.82) is 0 Å². The van der Waals surface area contributed by atoms with E-state index in [1.807, 2.05) is 13.8 Å². The van der Waals surface area contributed by atoms with Gasteiger partial charge >= 0.3 is 6.09 Å². The van der Waals surface area contributed by atoms with Gasteiger partial charge in [-0.15, -0.1) is 0 Å². The van der Waals surface area contributed by atoms with Crippen LogP contribution in [-0.2, 0) is 14.2 Å². The lowest BCUT2D eigenvalue weighted by Gasteiger charge is -2.19. The van der Waals surface area contributed by atoms with E-state index in [4.69, 9.17) is 14.2 Å². The maximum Gasteiger partial charge on any atom is 0.407 e. The number of carbonyl (C=O) groups excluding carboxylic acids is 1. The van der Waals surface area contributed by atoms with Crippen LogP contribution in [0, 0.1) is 0 Å². The molecule has 0 bridgehead atoms. The molecule has 2 unspecified atom stereocenters. The first-order chi connectivity index (χ1) is 6.07. The van der Waals surface area contributed by atoms with Gasteiger partial charge in [-0.1, -0.05) is 0 Å². The molecule has 2 heterocycles. The molecule has 1 N–H and O–H groups in total. The fourth-order valence-electron chi connectivity index (χ4n) is 1.51. The fourth-order valence-corrected chi connectivity index (χ4v) is 1.51. The molecule has 5 heteroatoms. The van der Waals surface area contributed by atoms with E-state index in [0.29, 0.717) is 13.2 Å². The minimum absolute atomic E-state index is 0.0747. The molecule has 2 atom stereocenters. The maximum atomic E-state index is 10.7. The molecule has 2 fully saturated rings. The van der Waals surface area contributed by atoms with Crippen LogP contribution in [0.15, 0.2) is 0 Å². The summed E-state index contributed by atoms with van der Waals surface area (Å²) in [6.45, 7) is 4.57. The molecule has 2 aliphatic rings. The highest BCUT2D eigenvalue weighted by atomic mass is 16.7. The Hall–Kier alpha value is -0.810. The Labute approximate surface area is 76.3 Å². The van der Waals surface area contributed by atoms with Gasteiger partial charge in [-0.3, -0.25) is 0 Å². The second kappa shape index (κ2) is 2.85. The van der Waals surface area contributed by atoms with E-state index >= 15 is 0 Å². The number of hydrogen-bond acceptors (Lipinski definition) is 4. The second-order valence-corrected chi connectivity index (χ2v) is 3.72. The van der Waals surface area contributed by atoms with E-state index in [9.17, 15) is 4.79 Å². The third-order valence-electron chi connectivity index (χ3n) is 2.18. The van der Waals surface area contributed by atoms with E-state index in [2.05, 4.69) is 5.32 Å². The van der Waals surface area contributed by atoms with Gasteiger partial charge in [-0.2, -0.15) is 0 Å². The second-order valence-electron chi connectivity index (χ2n) is 3.72. The number of nitrogens with one attached hydrogen (secondary N) is 1. The van der Waals surface area contributed by atoms with E-state index < -0.39 is 5.79 Å². The molecule has 0 radical (unpaired) electrons. The summed E-state index contributed by atoms with van der Waals surface area (Å²) in [5.74, 6) is -0.544. The first-order valence-electron chi connectivity index (χ1n) is 4.32. The Morgan fingerprint density at radius 2 is 2.23 bits per heavy atom.